The molecule has 0 unspecified atom stereocenters. The first-order valence-corrected chi connectivity index (χ1v) is 12.0. The van der Waals surface area contributed by atoms with E-state index in [9.17, 15) is 15.0 Å². The van der Waals surface area contributed by atoms with Crippen molar-refractivity contribution in [1.29, 1.82) is 0 Å². The molecule has 2 aliphatic rings. The van der Waals surface area contributed by atoms with Crippen LogP contribution in [0.1, 0.15) is 40.7 Å². The number of aliphatic hydroxyl groups excluding tert-OH is 1. The summed E-state index contributed by atoms with van der Waals surface area (Å²) in [4.78, 5) is 25.0. The molecule has 2 N–H and O–H groups in total. The number of carbonyl (C=O) groups is 1. The standard InChI is InChI=1S/C25H25N3O4S/c29-15-20(30)16-8-9-19-18(14-16)23(27-32-13-12-28-10-4-1-5-11-28)24(26-19)22-17-6-2-3-7-21(17)33-25(22)31/h2-3,6-9,14,29,31H,1,4-5,10-13,15H2/b27-23+. The number of aliphatic hydroxyl groups is 1. The number of hydrogen-bond acceptors (Lipinski definition) is 8. The average molecular weight is 464 g/mol. The Bertz CT molecular complexity index is 1260. The number of thiophene rings is 1. The average Bonchev–Trinajstić information content (AvgIpc) is 3.37. The molecule has 2 aromatic carbocycles. The van der Waals surface area contributed by atoms with E-state index in [1.807, 2.05) is 24.3 Å². The molecule has 3 aromatic rings. The van der Waals surface area contributed by atoms with Crippen LogP contribution < -0.4 is 0 Å². The molecule has 0 bridgehead atoms. The number of fused-ring (bicyclic) bond motifs is 2. The second-order valence-corrected chi connectivity index (χ2v) is 9.26. The number of oxime groups is 1. The van der Waals surface area contributed by atoms with Gasteiger partial charge in [-0.3, -0.25) is 9.69 Å². The van der Waals surface area contributed by atoms with Crippen molar-refractivity contribution in [3.05, 3.63) is 59.2 Å². The van der Waals surface area contributed by atoms with Gasteiger partial charge in [0.25, 0.3) is 0 Å². The molecule has 0 aliphatic carbocycles. The van der Waals surface area contributed by atoms with Crippen LogP contribution in [0.5, 0.6) is 5.06 Å². The molecule has 2 aliphatic heterocycles. The van der Waals surface area contributed by atoms with Gasteiger partial charge in [-0.2, -0.15) is 0 Å². The lowest BCUT2D eigenvalue weighted by atomic mass is 9.99. The van der Waals surface area contributed by atoms with Crippen molar-refractivity contribution in [3.63, 3.8) is 0 Å². The summed E-state index contributed by atoms with van der Waals surface area (Å²) in [6.07, 6.45) is 3.71. The highest BCUT2D eigenvalue weighted by Gasteiger charge is 2.30. The van der Waals surface area contributed by atoms with E-state index < -0.39 is 6.61 Å². The van der Waals surface area contributed by atoms with E-state index in [0.717, 1.165) is 29.7 Å². The molecule has 5 rings (SSSR count). The van der Waals surface area contributed by atoms with Gasteiger partial charge in [-0.05, 0) is 50.2 Å². The van der Waals surface area contributed by atoms with E-state index in [0.29, 0.717) is 40.4 Å². The zero-order valence-corrected chi connectivity index (χ0v) is 19.0. The quantitative estimate of drug-likeness (QED) is 0.312. The van der Waals surface area contributed by atoms with E-state index in [1.165, 1.54) is 30.6 Å². The number of benzene rings is 2. The SMILES string of the molecule is O=C(CO)c1ccc2c(c1)/C(=N\OCCN1CCCCC1)C(c1c(O)sc3ccccc13)=N2. The van der Waals surface area contributed by atoms with Gasteiger partial charge in [0, 0.05) is 27.8 Å². The number of hydrogen-bond donors (Lipinski definition) is 2. The Labute approximate surface area is 195 Å². The van der Waals surface area contributed by atoms with Gasteiger partial charge in [-0.1, -0.05) is 41.1 Å². The third-order valence-corrected chi connectivity index (χ3v) is 7.06. The fourth-order valence-corrected chi connectivity index (χ4v) is 5.32. The summed E-state index contributed by atoms with van der Waals surface area (Å²) in [5.74, 6) is -0.375. The van der Waals surface area contributed by atoms with Crippen molar-refractivity contribution >= 4 is 44.3 Å². The second-order valence-electron chi connectivity index (χ2n) is 8.23. The highest BCUT2D eigenvalue weighted by atomic mass is 32.1. The topological polar surface area (TPSA) is 94.7 Å². The minimum absolute atomic E-state index is 0.162. The van der Waals surface area contributed by atoms with Gasteiger partial charge < -0.3 is 15.1 Å². The molecule has 0 radical (unpaired) electrons. The highest BCUT2D eigenvalue weighted by Crippen LogP contribution is 2.41. The highest BCUT2D eigenvalue weighted by molar-refractivity contribution is 7.21. The first kappa shape index (κ1) is 21.8. The maximum atomic E-state index is 12.1. The Balaban J connectivity index is 1.49. The zero-order valence-electron chi connectivity index (χ0n) is 18.2. The lowest BCUT2D eigenvalue weighted by Crippen LogP contribution is -2.32. The van der Waals surface area contributed by atoms with Crippen LogP contribution in [0, 0.1) is 0 Å². The molecule has 1 saturated heterocycles. The molecule has 3 heterocycles. The molecule has 0 spiro atoms. The number of Topliss-reactive ketones (excluding diaryl/α,β-unsaturated/α-hetero) is 1. The number of aliphatic imine (C=N–C) groups is 1. The van der Waals surface area contributed by atoms with Crippen LogP contribution >= 0.6 is 11.3 Å². The third-order valence-electron chi connectivity index (χ3n) is 6.09. The molecule has 1 aromatic heterocycles. The Morgan fingerprint density at radius 3 is 2.79 bits per heavy atom. The van der Waals surface area contributed by atoms with Crippen molar-refractivity contribution in [2.24, 2.45) is 10.1 Å². The molecule has 7 nitrogen and oxygen atoms in total. The molecule has 1 fully saturated rings. The third kappa shape index (κ3) is 4.29. The Kier molecular flexibility index (Phi) is 6.22. The first-order valence-electron chi connectivity index (χ1n) is 11.2. The monoisotopic (exact) mass is 463 g/mol. The van der Waals surface area contributed by atoms with Crippen molar-refractivity contribution in [2.45, 2.75) is 19.3 Å². The first-order chi connectivity index (χ1) is 16.2. The van der Waals surface area contributed by atoms with Crippen molar-refractivity contribution < 1.29 is 19.8 Å². The van der Waals surface area contributed by atoms with Gasteiger partial charge >= 0.3 is 0 Å². The fraction of sp³-hybridized carbons (Fsp3) is 0.320. The van der Waals surface area contributed by atoms with Crippen LogP contribution in [0.25, 0.3) is 10.1 Å². The van der Waals surface area contributed by atoms with Gasteiger partial charge in [0.05, 0.1) is 11.3 Å². The summed E-state index contributed by atoms with van der Waals surface area (Å²) in [6, 6.07) is 12.8. The predicted molar refractivity (Wildman–Crippen MR) is 130 cm³/mol. The number of likely N-dealkylation sites (tertiary alicyclic amines) is 1. The molecule has 0 atom stereocenters. The van der Waals surface area contributed by atoms with E-state index >= 15 is 0 Å². The summed E-state index contributed by atoms with van der Waals surface area (Å²) in [5, 5.41) is 25.5. The molecule has 0 amide bonds. The van der Waals surface area contributed by atoms with E-state index in [2.05, 4.69) is 10.1 Å². The van der Waals surface area contributed by atoms with Crippen LogP contribution in [0.3, 0.4) is 0 Å². The molecule has 170 valence electrons. The van der Waals surface area contributed by atoms with Crippen LogP contribution in [0.2, 0.25) is 0 Å². The minimum Gasteiger partial charge on any atom is -0.499 e. The largest absolute Gasteiger partial charge is 0.499 e. The number of aromatic hydroxyl groups is 1. The number of piperidine rings is 1. The minimum atomic E-state index is -0.568. The summed E-state index contributed by atoms with van der Waals surface area (Å²) >= 11 is 1.29. The van der Waals surface area contributed by atoms with Crippen LogP contribution in [0.4, 0.5) is 5.69 Å². The smallest absolute Gasteiger partial charge is 0.188 e. The van der Waals surface area contributed by atoms with E-state index in [4.69, 9.17) is 9.83 Å². The van der Waals surface area contributed by atoms with Crippen LogP contribution in [0.15, 0.2) is 52.6 Å². The van der Waals surface area contributed by atoms with E-state index in [-0.39, 0.29) is 10.8 Å². The predicted octanol–water partition coefficient (Wildman–Crippen LogP) is 4.12. The van der Waals surface area contributed by atoms with Gasteiger partial charge in [-0.25, -0.2) is 4.99 Å². The molecular weight excluding hydrogens is 438 g/mol. The van der Waals surface area contributed by atoms with Crippen LogP contribution in [-0.2, 0) is 4.84 Å². The van der Waals surface area contributed by atoms with Gasteiger partial charge in [-0.15, -0.1) is 0 Å². The second kappa shape index (κ2) is 9.43. The number of ketones is 1. The van der Waals surface area contributed by atoms with Gasteiger partial charge in [0.2, 0.25) is 0 Å². The molecule has 33 heavy (non-hydrogen) atoms. The summed E-state index contributed by atoms with van der Waals surface area (Å²) in [6.45, 7) is 2.83. The molecular formula is C25H25N3O4S. The summed E-state index contributed by atoms with van der Waals surface area (Å²) < 4.78 is 0.949. The van der Waals surface area contributed by atoms with Crippen molar-refractivity contribution in [2.75, 3.05) is 32.8 Å². The van der Waals surface area contributed by atoms with Gasteiger partial charge in [0.15, 0.2) is 10.8 Å². The fourth-order valence-electron chi connectivity index (χ4n) is 4.38. The Morgan fingerprint density at radius 2 is 1.97 bits per heavy atom. The van der Waals surface area contributed by atoms with E-state index in [1.54, 1.807) is 18.2 Å². The Hall–Kier alpha value is -3.07. The maximum absolute atomic E-state index is 12.1. The van der Waals surface area contributed by atoms with Crippen molar-refractivity contribution in [1.82, 2.24) is 4.90 Å². The van der Waals surface area contributed by atoms with Crippen molar-refractivity contribution in [3.8, 4) is 5.06 Å². The maximum Gasteiger partial charge on any atom is 0.188 e. The summed E-state index contributed by atoms with van der Waals surface area (Å²) in [7, 11) is 0. The van der Waals surface area contributed by atoms with Crippen LogP contribution in [-0.4, -0.2) is 65.2 Å². The Morgan fingerprint density at radius 1 is 1.15 bits per heavy atom. The van der Waals surface area contributed by atoms with Gasteiger partial charge in [0.1, 0.15) is 24.6 Å². The normalized spacial score (nSPS) is 17.4. The number of rotatable bonds is 7. The zero-order chi connectivity index (χ0) is 22.8. The number of nitrogens with zero attached hydrogens (tertiary/aromatic N) is 3. The number of carbonyl (C=O) groups excluding carboxylic acids is 1. The summed E-state index contributed by atoms with van der Waals surface area (Å²) in [5.41, 5.74) is 3.29. The lowest BCUT2D eigenvalue weighted by molar-refractivity contribution is 0.0903. The lowest BCUT2D eigenvalue weighted by Gasteiger charge is -2.25. The molecule has 8 heteroatoms. The molecule has 0 saturated carbocycles.